The zero-order valence-electron chi connectivity index (χ0n) is 15.5. The van der Waals surface area contributed by atoms with Crippen molar-refractivity contribution in [2.24, 2.45) is 0 Å². The maximum absolute atomic E-state index is 14.3. The fourth-order valence-electron chi connectivity index (χ4n) is 3.40. The number of nitrogens with zero attached hydrogens (tertiary/aromatic N) is 1. The molecule has 0 unspecified atom stereocenters. The molecule has 0 amide bonds. The van der Waals surface area contributed by atoms with Crippen molar-refractivity contribution in [3.8, 4) is 23.0 Å². The normalized spacial score (nSPS) is 26.4. The Balaban J connectivity index is 1.74. The number of aromatic amines is 1. The Labute approximate surface area is 169 Å². The summed E-state index contributed by atoms with van der Waals surface area (Å²) in [6.07, 6.45) is -5.24. The van der Waals surface area contributed by atoms with Crippen molar-refractivity contribution < 1.29 is 33.9 Å². The first-order valence-corrected chi connectivity index (χ1v) is 9.13. The van der Waals surface area contributed by atoms with Gasteiger partial charge in [0.1, 0.15) is 42.2 Å². The highest BCUT2D eigenvalue weighted by Crippen LogP contribution is 2.29. The number of aliphatic hydroxyl groups is 4. The van der Waals surface area contributed by atoms with Crippen LogP contribution >= 0.6 is 0 Å². The van der Waals surface area contributed by atoms with E-state index in [1.807, 2.05) is 0 Å². The fourth-order valence-corrected chi connectivity index (χ4v) is 3.40. The van der Waals surface area contributed by atoms with Crippen LogP contribution in [-0.2, 0) is 4.74 Å². The number of halogens is 2. The lowest BCUT2D eigenvalue weighted by Crippen LogP contribution is -2.58. The lowest BCUT2D eigenvalue weighted by Gasteiger charge is -2.37. The smallest absolute Gasteiger partial charge is 0.147 e. The summed E-state index contributed by atoms with van der Waals surface area (Å²) in [5, 5.41) is 46.6. The van der Waals surface area contributed by atoms with Gasteiger partial charge in [0.05, 0.1) is 23.9 Å². The molecule has 0 bridgehead atoms. The second kappa shape index (κ2) is 8.10. The molecular weight excluding hydrogens is 398 g/mol. The van der Waals surface area contributed by atoms with Crippen molar-refractivity contribution in [1.82, 2.24) is 10.2 Å². The Morgan fingerprint density at radius 3 is 2.60 bits per heavy atom. The molecule has 1 aromatic heterocycles. The molecule has 1 fully saturated rings. The Hall–Kier alpha value is -2.87. The number of H-pyrrole nitrogens is 1. The molecule has 1 saturated heterocycles. The van der Waals surface area contributed by atoms with E-state index in [0.29, 0.717) is 22.0 Å². The number of benzene rings is 2. The number of aromatic nitrogens is 2. The van der Waals surface area contributed by atoms with Crippen molar-refractivity contribution in [1.29, 1.82) is 0 Å². The minimum atomic E-state index is -1.54. The average molecular weight is 416 g/mol. The largest absolute Gasteiger partial charge is 0.394 e. The van der Waals surface area contributed by atoms with E-state index in [1.54, 1.807) is 12.1 Å². The number of nitrogens with one attached hydrogen (secondary N) is 1. The van der Waals surface area contributed by atoms with Gasteiger partial charge in [0.2, 0.25) is 0 Å². The SMILES string of the molecule is OC[C@H]1O[C@H](C#Cc2cc(-c3ccc(F)cc3F)cc3cn[nH]c23)[C@@H](O)[C@@H](O)[C@@H]1O. The molecule has 5 atom stereocenters. The van der Waals surface area contributed by atoms with Crippen LogP contribution in [0, 0.1) is 23.5 Å². The number of ether oxygens (including phenoxy) is 1. The first-order valence-electron chi connectivity index (χ1n) is 9.13. The number of rotatable bonds is 2. The van der Waals surface area contributed by atoms with E-state index in [0.717, 1.165) is 12.1 Å². The molecule has 1 aliphatic heterocycles. The molecule has 2 aromatic carbocycles. The van der Waals surface area contributed by atoms with Crippen molar-refractivity contribution in [3.05, 3.63) is 53.7 Å². The second-order valence-electron chi connectivity index (χ2n) is 7.00. The topological polar surface area (TPSA) is 119 Å². The summed E-state index contributed by atoms with van der Waals surface area (Å²) in [6.45, 7) is -0.562. The molecule has 2 heterocycles. The highest BCUT2D eigenvalue weighted by atomic mass is 19.1. The van der Waals surface area contributed by atoms with Crippen LogP contribution in [0.2, 0.25) is 0 Å². The van der Waals surface area contributed by atoms with Gasteiger partial charge in [-0.25, -0.2) is 8.78 Å². The molecular formula is C21H18F2N2O5. The molecule has 3 aromatic rings. The molecule has 9 heteroatoms. The summed E-state index contributed by atoms with van der Waals surface area (Å²) in [6, 6.07) is 6.51. The van der Waals surface area contributed by atoms with E-state index < -0.39 is 48.8 Å². The third-order valence-electron chi connectivity index (χ3n) is 5.03. The number of hydrogen-bond donors (Lipinski definition) is 5. The van der Waals surface area contributed by atoms with Gasteiger partial charge in [-0.05, 0) is 29.8 Å². The Kier molecular flexibility index (Phi) is 5.51. The fraction of sp³-hybridized carbons (Fsp3) is 0.286. The molecule has 0 saturated carbocycles. The van der Waals surface area contributed by atoms with Gasteiger partial charge in [-0.15, -0.1) is 0 Å². The molecule has 0 aliphatic carbocycles. The van der Waals surface area contributed by atoms with Crippen LogP contribution in [0.15, 0.2) is 36.5 Å². The highest BCUT2D eigenvalue weighted by Gasteiger charge is 2.42. The lowest BCUT2D eigenvalue weighted by atomic mass is 9.95. The minimum Gasteiger partial charge on any atom is -0.394 e. The van der Waals surface area contributed by atoms with Crippen molar-refractivity contribution >= 4 is 10.9 Å². The summed E-state index contributed by atoms with van der Waals surface area (Å²) >= 11 is 0. The van der Waals surface area contributed by atoms with Crippen LogP contribution in [0.3, 0.4) is 0 Å². The van der Waals surface area contributed by atoms with E-state index in [9.17, 15) is 29.2 Å². The maximum atomic E-state index is 14.3. The van der Waals surface area contributed by atoms with Crippen LogP contribution in [0.1, 0.15) is 5.56 Å². The van der Waals surface area contributed by atoms with Gasteiger partial charge in [-0.1, -0.05) is 11.8 Å². The third kappa shape index (κ3) is 3.67. The predicted octanol–water partition coefficient (Wildman–Crippen LogP) is 0.702. The molecule has 156 valence electrons. The van der Waals surface area contributed by atoms with Gasteiger partial charge >= 0.3 is 0 Å². The van der Waals surface area contributed by atoms with Crippen LogP contribution in [0.4, 0.5) is 8.78 Å². The second-order valence-corrected chi connectivity index (χ2v) is 7.00. The summed E-state index contributed by atoms with van der Waals surface area (Å²) in [7, 11) is 0. The van der Waals surface area contributed by atoms with E-state index in [-0.39, 0.29) is 5.56 Å². The first kappa shape index (κ1) is 20.4. The maximum Gasteiger partial charge on any atom is 0.147 e. The predicted molar refractivity (Wildman–Crippen MR) is 102 cm³/mol. The van der Waals surface area contributed by atoms with E-state index in [2.05, 4.69) is 22.0 Å². The van der Waals surface area contributed by atoms with E-state index >= 15 is 0 Å². The number of aliphatic hydroxyl groups excluding tert-OH is 4. The molecule has 5 N–H and O–H groups in total. The van der Waals surface area contributed by atoms with Crippen LogP contribution < -0.4 is 0 Å². The third-order valence-corrected chi connectivity index (χ3v) is 5.03. The molecule has 1 aliphatic rings. The molecule has 0 radical (unpaired) electrons. The highest BCUT2D eigenvalue weighted by molar-refractivity contribution is 5.89. The van der Waals surface area contributed by atoms with Crippen molar-refractivity contribution in [2.45, 2.75) is 30.5 Å². The zero-order valence-corrected chi connectivity index (χ0v) is 15.5. The standard InChI is InChI=1S/C21H18F2N2O5/c22-13-2-3-14(15(23)7-13)11-5-10(18-12(6-11)8-24-25-18)1-4-16-19(27)21(29)20(28)17(9-26)30-16/h2-3,5-8,16-17,19-21,26-29H,9H2,(H,24,25)/t16-,17-,19-,20-,21-/m1/s1. The molecule has 0 spiro atoms. The Morgan fingerprint density at radius 1 is 1.07 bits per heavy atom. The quantitative estimate of drug-likeness (QED) is 0.393. The molecule has 7 nitrogen and oxygen atoms in total. The van der Waals surface area contributed by atoms with Gasteiger partial charge < -0.3 is 25.2 Å². The van der Waals surface area contributed by atoms with Crippen LogP contribution in [0.5, 0.6) is 0 Å². The van der Waals surface area contributed by atoms with Crippen LogP contribution in [0.25, 0.3) is 22.0 Å². The van der Waals surface area contributed by atoms with Gasteiger partial charge in [0.25, 0.3) is 0 Å². The van der Waals surface area contributed by atoms with Crippen molar-refractivity contribution in [3.63, 3.8) is 0 Å². The molecule has 30 heavy (non-hydrogen) atoms. The summed E-state index contributed by atoms with van der Waals surface area (Å²) in [5.74, 6) is 4.08. The lowest BCUT2D eigenvalue weighted by molar-refractivity contribution is -0.214. The monoisotopic (exact) mass is 416 g/mol. The summed E-state index contributed by atoms with van der Waals surface area (Å²) < 4.78 is 32.9. The first-order chi connectivity index (χ1) is 14.4. The van der Waals surface area contributed by atoms with Crippen molar-refractivity contribution in [2.75, 3.05) is 6.61 Å². The summed E-state index contributed by atoms with van der Waals surface area (Å²) in [4.78, 5) is 0. The number of hydrogen-bond acceptors (Lipinski definition) is 6. The minimum absolute atomic E-state index is 0.176. The average Bonchev–Trinajstić information content (AvgIpc) is 3.20. The van der Waals surface area contributed by atoms with Gasteiger partial charge in [-0.2, -0.15) is 5.10 Å². The van der Waals surface area contributed by atoms with Crippen LogP contribution in [-0.4, -0.2) is 67.8 Å². The molecule has 4 rings (SSSR count). The van der Waals surface area contributed by atoms with E-state index in [4.69, 9.17) is 4.74 Å². The van der Waals surface area contributed by atoms with Gasteiger partial charge in [-0.3, -0.25) is 5.10 Å². The van der Waals surface area contributed by atoms with Gasteiger partial charge in [0, 0.05) is 17.0 Å². The summed E-state index contributed by atoms with van der Waals surface area (Å²) in [5.41, 5.74) is 1.58. The zero-order chi connectivity index (χ0) is 21.4. The van der Waals surface area contributed by atoms with Gasteiger partial charge in [0.15, 0.2) is 0 Å². The number of fused-ring (bicyclic) bond motifs is 1. The Morgan fingerprint density at radius 2 is 1.87 bits per heavy atom. The van der Waals surface area contributed by atoms with E-state index in [1.165, 1.54) is 12.3 Å². The Bertz CT molecular complexity index is 1140.